The Hall–Kier alpha value is 0.230. The molecule has 0 saturated carbocycles. The van der Waals surface area contributed by atoms with Gasteiger partial charge in [-0.05, 0) is 17.5 Å². The third kappa shape index (κ3) is 1.31. The standard InChI is InChI=1S/C4H4INS/c5-6-4-2-1-3-7-4/h1-3,6H. The lowest BCUT2D eigenvalue weighted by atomic mass is 10.6. The summed E-state index contributed by atoms with van der Waals surface area (Å²) >= 11 is 3.81. The van der Waals surface area contributed by atoms with Crippen molar-refractivity contribution in [2.24, 2.45) is 0 Å². The molecule has 0 aliphatic rings. The van der Waals surface area contributed by atoms with Crippen molar-refractivity contribution >= 4 is 39.2 Å². The molecule has 7 heavy (non-hydrogen) atoms. The maximum absolute atomic E-state index is 3.00. The molecule has 0 amide bonds. The lowest BCUT2D eigenvalue weighted by Crippen LogP contribution is -1.65. The highest BCUT2D eigenvalue weighted by Crippen LogP contribution is 2.15. The smallest absolute Gasteiger partial charge is 0.0969 e. The molecule has 0 fully saturated rings. The third-order valence-corrected chi connectivity index (χ3v) is 2.35. The Morgan fingerprint density at radius 1 is 1.71 bits per heavy atom. The predicted molar refractivity (Wildman–Crippen MR) is 42.0 cm³/mol. The van der Waals surface area contributed by atoms with Crippen LogP contribution in [-0.4, -0.2) is 0 Å². The summed E-state index contributed by atoms with van der Waals surface area (Å²) in [5.74, 6) is 0. The highest BCUT2D eigenvalue weighted by molar-refractivity contribution is 14.1. The minimum Gasteiger partial charge on any atom is -0.320 e. The van der Waals surface area contributed by atoms with Crippen molar-refractivity contribution in [1.29, 1.82) is 0 Å². The average molecular weight is 225 g/mol. The fourth-order valence-electron chi connectivity index (χ4n) is 0.332. The molecule has 3 heteroatoms. The van der Waals surface area contributed by atoms with E-state index in [1.807, 2.05) is 17.5 Å². The molecule has 1 nitrogen and oxygen atoms in total. The number of halogens is 1. The largest absolute Gasteiger partial charge is 0.320 e. The molecule has 1 heterocycles. The lowest BCUT2D eigenvalue weighted by Gasteiger charge is -1.82. The molecule has 0 spiro atoms. The van der Waals surface area contributed by atoms with Gasteiger partial charge in [-0.1, -0.05) is 0 Å². The molecule has 1 aromatic heterocycles. The van der Waals surface area contributed by atoms with E-state index < -0.39 is 0 Å². The molecule has 38 valence electrons. The zero-order valence-corrected chi connectivity index (χ0v) is 6.49. The summed E-state index contributed by atoms with van der Waals surface area (Å²) in [6.07, 6.45) is 0. The van der Waals surface area contributed by atoms with Crippen LogP contribution < -0.4 is 3.53 Å². The summed E-state index contributed by atoms with van der Waals surface area (Å²) in [5.41, 5.74) is 0. The van der Waals surface area contributed by atoms with E-state index in [2.05, 4.69) is 26.4 Å². The molecule has 0 radical (unpaired) electrons. The van der Waals surface area contributed by atoms with Crippen LogP contribution in [0.5, 0.6) is 0 Å². The number of thiophene rings is 1. The van der Waals surface area contributed by atoms with Crippen molar-refractivity contribution in [3.8, 4) is 0 Å². The molecule has 0 atom stereocenters. The third-order valence-electron chi connectivity index (χ3n) is 0.614. The Labute approximate surface area is 60.2 Å². The maximum atomic E-state index is 3.00. The van der Waals surface area contributed by atoms with Crippen LogP contribution in [0.3, 0.4) is 0 Å². The second-order valence-corrected chi connectivity index (χ2v) is 2.56. The first kappa shape index (κ1) is 5.37. The normalized spacial score (nSPS) is 8.71. The molecule has 1 rings (SSSR count). The van der Waals surface area contributed by atoms with Crippen molar-refractivity contribution in [3.05, 3.63) is 17.5 Å². The molecule has 1 N–H and O–H groups in total. The zero-order valence-electron chi connectivity index (χ0n) is 3.52. The second-order valence-electron chi connectivity index (χ2n) is 1.07. The molecule has 0 aliphatic carbocycles. The van der Waals surface area contributed by atoms with E-state index in [1.54, 1.807) is 11.3 Å². The molecule has 0 aliphatic heterocycles. The lowest BCUT2D eigenvalue weighted by molar-refractivity contribution is 1.97. The van der Waals surface area contributed by atoms with E-state index in [0.717, 1.165) is 0 Å². The van der Waals surface area contributed by atoms with E-state index in [1.165, 1.54) is 5.00 Å². The predicted octanol–water partition coefficient (Wildman–Crippen LogP) is 2.51. The van der Waals surface area contributed by atoms with Crippen molar-refractivity contribution in [2.45, 2.75) is 0 Å². The van der Waals surface area contributed by atoms with Gasteiger partial charge in [0.2, 0.25) is 0 Å². The first-order chi connectivity index (χ1) is 3.43. The highest BCUT2D eigenvalue weighted by Gasteiger charge is 1.82. The van der Waals surface area contributed by atoms with Crippen LogP contribution >= 0.6 is 34.2 Å². The summed E-state index contributed by atoms with van der Waals surface area (Å²) in [6.45, 7) is 0. The highest BCUT2D eigenvalue weighted by atomic mass is 127. The van der Waals surface area contributed by atoms with Gasteiger partial charge in [0.25, 0.3) is 0 Å². The van der Waals surface area contributed by atoms with E-state index >= 15 is 0 Å². The fraction of sp³-hybridized carbons (Fsp3) is 0. The minimum absolute atomic E-state index is 1.21. The van der Waals surface area contributed by atoms with E-state index in [-0.39, 0.29) is 0 Å². The number of rotatable bonds is 1. The van der Waals surface area contributed by atoms with Gasteiger partial charge in [0, 0.05) is 0 Å². The number of nitrogens with one attached hydrogen (secondary N) is 1. The van der Waals surface area contributed by atoms with E-state index in [0.29, 0.717) is 0 Å². The fourth-order valence-corrected chi connectivity index (χ4v) is 1.40. The first-order valence-corrected chi connectivity index (χ1v) is 3.79. The monoisotopic (exact) mass is 225 g/mol. The Morgan fingerprint density at radius 3 is 2.86 bits per heavy atom. The molecular formula is C4H4INS. The number of hydrogen-bond donors (Lipinski definition) is 1. The van der Waals surface area contributed by atoms with Gasteiger partial charge in [-0.15, -0.1) is 11.3 Å². The Bertz CT molecular complexity index is 126. The average Bonchev–Trinajstić information content (AvgIpc) is 2.14. The molecular weight excluding hydrogens is 221 g/mol. The van der Waals surface area contributed by atoms with Gasteiger partial charge in [-0.3, -0.25) is 0 Å². The van der Waals surface area contributed by atoms with Gasteiger partial charge in [-0.2, -0.15) is 0 Å². The van der Waals surface area contributed by atoms with Crippen molar-refractivity contribution in [1.82, 2.24) is 0 Å². The van der Waals surface area contributed by atoms with Crippen molar-refractivity contribution < 1.29 is 0 Å². The van der Waals surface area contributed by atoms with Crippen LogP contribution in [0.4, 0.5) is 5.00 Å². The summed E-state index contributed by atoms with van der Waals surface area (Å²) < 4.78 is 3.00. The van der Waals surface area contributed by atoms with Gasteiger partial charge in [-0.25, -0.2) is 0 Å². The van der Waals surface area contributed by atoms with Gasteiger partial charge in [0.05, 0.1) is 27.9 Å². The topological polar surface area (TPSA) is 12.0 Å². The van der Waals surface area contributed by atoms with E-state index in [4.69, 9.17) is 0 Å². The van der Waals surface area contributed by atoms with Crippen LogP contribution in [-0.2, 0) is 0 Å². The summed E-state index contributed by atoms with van der Waals surface area (Å²) in [4.78, 5) is 0. The van der Waals surface area contributed by atoms with Gasteiger partial charge >= 0.3 is 0 Å². The summed E-state index contributed by atoms with van der Waals surface area (Å²) in [7, 11) is 0. The van der Waals surface area contributed by atoms with Crippen LogP contribution in [0.15, 0.2) is 17.5 Å². The molecule has 0 saturated heterocycles. The Balaban J connectivity index is 2.76. The minimum atomic E-state index is 1.21. The number of hydrogen-bond acceptors (Lipinski definition) is 2. The summed E-state index contributed by atoms with van der Waals surface area (Å²) in [5, 5.41) is 3.25. The van der Waals surface area contributed by atoms with Crippen LogP contribution in [0.2, 0.25) is 0 Å². The molecule has 0 unspecified atom stereocenters. The van der Waals surface area contributed by atoms with Crippen LogP contribution in [0.1, 0.15) is 0 Å². The van der Waals surface area contributed by atoms with Gasteiger partial charge in [0.1, 0.15) is 0 Å². The van der Waals surface area contributed by atoms with Crippen molar-refractivity contribution in [3.63, 3.8) is 0 Å². The number of anilines is 1. The van der Waals surface area contributed by atoms with Crippen molar-refractivity contribution in [2.75, 3.05) is 3.53 Å². The van der Waals surface area contributed by atoms with Gasteiger partial charge in [0.15, 0.2) is 0 Å². The van der Waals surface area contributed by atoms with Crippen LogP contribution in [0, 0.1) is 0 Å². The second kappa shape index (κ2) is 2.52. The van der Waals surface area contributed by atoms with Crippen LogP contribution in [0.25, 0.3) is 0 Å². The van der Waals surface area contributed by atoms with E-state index in [9.17, 15) is 0 Å². The summed E-state index contributed by atoms with van der Waals surface area (Å²) in [6, 6.07) is 4.06. The maximum Gasteiger partial charge on any atom is 0.0969 e. The van der Waals surface area contributed by atoms with Gasteiger partial charge < -0.3 is 3.53 Å². The molecule has 0 aromatic carbocycles. The Kier molecular flexibility index (Phi) is 1.93. The quantitative estimate of drug-likeness (QED) is 0.572. The SMILES string of the molecule is INc1cccs1. The molecule has 1 aromatic rings. The Morgan fingerprint density at radius 2 is 2.57 bits per heavy atom. The zero-order chi connectivity index (χ0) is 5.11. The molecule has 0 bridgehead atoms. The first-order valence-electron chi connectivity index (χ1n) is 1.83.